The minimum Gasteiger partial charge on any atom is -0.465 e. The summed E-state index contributed by atoms with van der Waals surface area (Å²) in [6.07, 6.45) is 6.65. The lowest BCUT2D eigenvalue weighted by Gasteiger charge is -2.46. The minimum absolute atomic E-state index is 0.00829. The highest BCUT2D eigenvalue weighted by atomic mass is 16.5. The number of carbonyl (C=O) groups excluding carboxylic acids is 1. The summed E-state index contributed by atoms with van der Waals surface area (Å²) in [5, 5.41) is 12.3. The highest BCUT2D eigenvalue weighted by Crippen LogP contribution is 2.74. The van der Waals surface area contributed by atoms with E-state index in [0.29, 0.717) is 56.0 Å². The zero-order valence-electron chi connectivity index (χ0n) is 15.7. The van der Waals surface area contributed by atoms with Crippen LogP contribution in [-0.2, 0) is 4.74 Å². The second-order valence-electron chi connectivity index (χ2n) is 8.49. The molecule has 2 saturated heterocycles. The molecule has 0 bridgehead atoms. The average Bonchev–Trinajstić information content (AvgIpc) is 3.03. The van der Waals surface area contributed by atoms with Crippen LogP contribution in [0.4, 0.5) is 4.79 Å². The number of piperidine rings is 1. The van der Waals surface area contributed by atoms with Crippen LogP contribution in [0.25, 0.3) is 5.78 Å². The zero-order chi connectivity index (χ0) is 19.5. The predicted octanol–water partition coefficient (Wildman–Crippen LogP) is 1.11. The Bertz CT molecular complexity index is 955. The first-order valence-corrected chi connectivity index (χ1v) is 9.57. The average molecular weight is 385 g/mol. The van der Waals surface area contributed by atoms with Gasteiger partial charge in [0.05, 0.1) is 18.8 Å². The van der Waals surface area contributed by atoms with E-state index in [1.165, 1.54) is 11.1 Å². The van der Waals surface area contributed by atoms with E-state index >= 15 is 0 Å². The Hall–Kier alpha value is -2.68. The highest BCUT2D eigenvalue weighted by Gasteiger charge is 2.77. The fourth-order valence-corrected chi connectivity index (χ4v) is 5.49. The maximum atomic E-state index is 12.5. The first-order chi connectivity index (χ1) is 13.4. The number of imidazole rings is 1. The largest absolute Gasteiger partial charge is 0.465 e. The molecule has 3 atom stereocenters. The second kappa shape index (κ2) is 5.91. The molecule has 9 heteroatoms. The highest BCUT2D eigenvalue weighted by molar-refractivity contribution is 5.93. The molecule has 3 unspecified atom stereocenters. The smallest absolute Gasteiger partial charge is 0.407 e. The van der Waals surface area contributed by atoms with E-state index in [-0.39, 0.29) is 16.7 Å². The van der Waals surface area contributed by atoms with E-state index < -0.39 is 6.09 Å². The first kappa shape index (κ1) is 17.4. The molecule has 3 aliphatic rings. The van der Waals surface area contributed by atoms with Crippen LogP contribution in [0, 0.1) is 22.7 Å². The molecule has 1 aliphatic carbocycles. The van der Waals surface area contributed by atoms with Gasteiger partial charge in [0.1, 0.15) is 0 Å². The van der Waals surface area contributed by atoms with Crippen LogP contribution in [0.3, 0.4) is 0 Å². The number of carboxylic acid groups (broad SMARTS) is 1. The third kappa shape index (κ3) is 2.35. The molecule has 2 amide bonds. The van der Waals surface area contributed by atoms with E-state index in [1.54, 1.807) is 23.0 Å². The van der Waals surface area contributed by atoms with Crippen LogP contribution >= 0.6 is 0 Å². The molecule has 2 N–H and O–H groups in total. The molecule has 1 saturated carbocycles. The van der Waals surface area contributed by atoms with Gasteiger partial charge >= 0.3 is 6.09 Å². The summed E-state index contributed by atoms with van der Waals surface area (Å²) in [6, 6.07) is 0. The lowest BCUT2D eigenvalue weighted by molar-refractivity contribution is -0.148. The number of rotatable bonds is 5. The summed E-state index contributed by atoms with van der Waals surface area (Å²) >= 11 is 0. The number of nitrogens with zero attached hydrogens (tertiary/aromatic N) is 4. The Kier molecular flexibility index (Phi) is 3.67. The van der Waals surface area contributed by atoms with Gasteiger partial charge in [-0.25, -0.2) is 14.8 Å². The topological polar surface area (TPSA) is 109 Å². The molecule has 2 aromatic rings. The van der Waals surface area contributed by atoms with Gasteiger partial charge in [0.2, 0.25) is 5.78 Å². The van der Waals surface area contributed by atoms with Crippen LogP contribution in [0.5, 0.6) is 0 Å². The minimum atomic E-state index is -0.843. The molecule has 2 aliphatic heterocycles. The number of likely N-dealkylation sites (tertiary alicyclic amines) is 1. The summed E-state index contributed by atoms with van der Waals surface area (Å²) in [5.41, 5.74) is 0.520. The summed E-state index contributed by atoms with van der Waals surface area (Å²) < 4.78 is 7.18. The number of hydrogen-bond acceptors (Lipinski definition) is 5. The van der Waals surface area contributed by atoms with Gasteiger partial charge in [0, 0.05) is 55.3 Å². The Balaban J connectivity index is 1.22. The quantitative estimate of drug-likeness (QED) is 0.798. The van der Waals surface area contributed by atoms with Crippen LogP contribution < -0.4 is 5.32 Å². The predicted molar refractivity (Wildman–Crippen MR) is 97.9 cm³/mol. The van der Waals surface area contributed by atoms with E-state index in [2.05, 4.69) is 22.2 Å². The van der Waals surface area contributed by atoms with Crippen molar-refractivity contribution in [3.8, 4) is 0 Å². The summed E-state index contributed by atoms with van der Waals surface area (Å²) in [4.78, 5) is 33.6. The monoisotopic (exact) mass is 385 g/mol. The van der Waals surface area contributed by atoms with Crippen LogP contribution in [0.15, 0.2) is 24.8 Å². The normalized spacial score (nSPS) is 30.0. The fourth-order valence-electron chi connectivity index (χ4n) is 5.49. The lowest BCUT2D eigenvalue weighted by atomic mass is 9.70. The van der Waals surface area contributed by atoms with Gasteiger partial charge in [-0.1, -0.05) is 6.92 Å². The standard InChI is InChI=1S/C19H23N5O4/c1-18(10-28-11-18)19-9-24(17(26)27)8-14(19)13(19)2-3-20-15(25)12-6-22-16-21-4-5-23(16)7-12/h4-7,13-14H,2-3,8-11H2,1H3,(H,20,25)(H,26,27). The maximum Gasteiger partial charge on any atom is 0.407 e. The van der Waals surface area contributed by atoms with Gasteiger partial charge in [-0.05, 0) is 18.3 Å². The molecular weight excluding hydrogens is 362 g/mol. The Labute approximate surface area is 161 Å². The second-order valence-corrected chi connectivity index (χ2v) is 8.49. The number of fused-ring (bicyclic) bond motifs is 2. The maximum absolute atomic E-state index is 12.5. The number of amides is 2. The number of nitrogens with one attached hydrogen (secondary N) is 1. The number of hydrogen-bond donors (Lipinski definition) is 2. The Morgan fingerprint density at radius 2 is 2.21 bits per heavy atom. The zero-order valence-corrected chi connectivity index (χ0v) is 15.7. The summed E-state index contributed by atoms with van der Waals surface area (Å²) in [6.45, 7) is 5.32. The van der Waals surface area contributed by atoms with Crippen LogP contribution in [0.1, 0.15) is 23.7 Å². The van der Waals surface area contributed by atoms with E-state index in [0.717, 1.165) is 6.42 Å². The molecule has 9 nitrogen and oxygen atoms in total. The Morgan fingerprint density at radius 1 is 1.39 bits per heavy atom. The van der Waals surface area contributed by atoms with Gasteiger partial charge in [0.15, 0.2) is 0 Å². The van der Waals surface area contributed by atoms with Crippen molar-refractivity contribution in [2.75, 3.05) is 32.8 Å². The third-order valence-corrected chi connectivity index (χ3v) is 7.05. The van der Waals surface area contributed by atoms with Crippen molar-refractivity contribution in [1.29, 1.82) is 0 Å². The molecule has 0 aromatic carbocycles. The van der Waals surface area contributed by atoms with Crippen molar-refractivity contribution in [2.24, 2.45) is 22.7 Å². The molecule has 4 heterocycles. The van der Waals surface area contributed by atoms with Gasteiger partial charge < -0.3 is 20.1 Å². The fraction of sp³-hybridized carbons (Fsp3) is 0.579. The molecule has 148 valence electrons. The molecule has 0 radical (unpaired) electrons. The van der Waals surface area contributed by atoms with Crippen molar-refractivity contribution < 1.29 is 19.4 Å². The van der Waals surface area contributed by atoms with Crippen molar-refractivity contribution in [2.45, 2.75) is 13.3 Å². The number of ether oxygens (including phenoxy) is 1. The molecule has 0 spiro atoms. The van der Waals surface area contributed by atoms with E-state index in [4.69, 9.17) is 4.74 Å². The van der Waals surface area contributed by atoms with Gasteiger partial charge in [-0.2, -0.15) is 0 Å². The van der Waals surface area contributed by atoms with Crippen LogP contribution in [0.2, 0.25) is 0 Å². The van der Waals surface area contributed by atoms with Gasteiger partial charge in [-0.3, -0.25) is 9.20 Å². The van der Waals surface area contributed by atoms with Crippen LogP contribution in [-0.4, -0.2) is 69.2 Å². The van der Waals surface area contributed by atoms with Crippen molar-refractivity contribution in [3.63, 3.8) is 0 Å². The molecule has 2 aromatic heterocycles. The van der Waals surface area contributed by atoms with Gasteiger partial charge in [-0.15, -0.1) is 0 Å². The van der Waals surface area contributed by atoms with Gasteiger partial charge in [0.25, 0.3) is 5.91 Å². The number of aromatic nitrogens is 3. The van der Waals surface area contributed by atoms with E-state index in [1.807, 2.05) is 0 Å². The third-order valence-electron chi connectivity index (χ3n) is 7.05. The number of carbonyl (C=O) groups is 2. The van der Waals surface area contributed by atoms with Crippen molar-refractivity contribution in [3.05, 3.63) is 30.4 Å². The molecule has 5 rings (SSSR count). The first-order valence-electron chi connectivity index (χ1n) is 9.57. The van der Waals surface area contributed by atoms with Crippen molar-refractivity contribution >= 4 is 17.8 Å². The lowest BCUT2D eigenvalue weighted by Crippen LogP contribution is -2.51. The molecule has 3 fully saturated rings. The molecular formula is C19H23N5O4. The SMILES string of the molecule is CC1(C23CN(C(=O)O)CC2C3CCNC(=O)c2cnc3nccn3c2)COC1. The summed E-state index contributed by atoms with van der Waals surface area (Å²) in [7, 11) is 0. The molecule has 28 heavy (non-hydrogen) atoms. The Morgan fingerprint density at radius 3 is 2.93 bits per heavy atom. The van der Waals surface area contributed by atoms with Crippen molar-refractivity contribution in [1.82, 2.24) is 24.6 Å². The van der Waals surface area contributed by atoms with E-state index in [9.17, 15) is 14.7 Å². The summed E-state index contributed by atoms with van der Waals surface area (Å²) in [5.74, 6) is 1.18.